The molecule has 0 aliphatic heterocycles. The summed E-state index contributed by atoms with van der Waals surface area (Å²) < 4.78 is 2.03. The molecule has 2 aromatic rings. The van der Waals surface area contributed by atoms with Crippen LogP contribution in [0.4, 0.5) is 0 Å². The van der Waals surface area contributed by atoms with Crippen molar-refractivity contribution < 1.29 is 0 Å². The van der Waals surface area contributed by atoms with Crippen LogP contribution in [0.3, 0.4) is 0 Å². The average molecular weight is 183 g/mol. The van der Waals surface area contributed by atoms with Crippen molar-refractivity contribution in [1.29, 1.82) is 0 Å². The van der Waals surface area contributed by atoms with Gasteiger partial charge in [-0.05, 0) is 30.7 Å². The highest BCUT2D eigenvalue weighted by atomic mass is 14.9. The van der Waals surface area contributed by atoms with Crippen molar-refractivity contribution in [1.82, 2.24) is 4.57 Å². The smallest absolute Gasteiger partial charge is 0.00879 e. The molecule has 0 atom stereocenters. The van der Waals surface area contributed by atoms with Crippen LogP contribution in [0.1, 0.15) is 11.1 Å². The maximum Gasteiger partial charge on any atom is 0.00879 e. The van der Waals surface area contributed by atoms with E-state index in [9.17, 15) is 0 Å². The summed E-state index contributed by atoms with van der Waals surface area (Å²) in [4.78, 5) is 0. The van der Waals surface area contributed by atoms with Crippen molar-refractivity contribution in [2.75, 3.05) is 0 Å². The Hall–Kier alpha value is -1.76. The van der Waals surface area contributed by atoms with Crippen LogP contribution in [0, 0.1) is 6.92 Å². The van der Waals surface area contributed by atoms with Gasteiger partial charge in [-0.3, -0.25) is 0 Å². The highest BCUT2D eigenvalue weighted by Crippen LogP contribution is 2.05. The molecule has 0 fully saturated rings. The minimum absolute atomic E-state index is 1.23. The molecule has 2 rings (SSSR count). The first kappa shape index (κ1) is 8.82. The molecule has 1 nitrogen and oxygen atoms in total. The number of hydrogen-bond donors (Lipinski definition) is 0. The summed E-state index contributed by atoms with van der Waals surface area (Å²) in [7, 11) is 0. The molecule has 0 bridgehead atoms. The number of aromatic nitrogens is 1. The fraction of sp³-hybridized carbons (Fsp3) is 0.0769. The molecule has 0 radical (unpaired) electrons. The van der Waals surface area contributed by atoms with Gasteiger partial charge in [-0.2, -0.15) is 0 Å². The third-order valence-electron chi connectivity index (χ3n) is 2.14. The molecule has 0 spiro atoms. The predicted octanol–water partition coefficient (Wildman–Crippen LogP) is 3.42. The highest BCUT2D eigenvalue weighted by Gasteiger charge is 1.86. The fourth-order valence-electron chi connectivity index (χ4n) is 1.30. The zero-order valence-corrected chi connectivity index (χ0v) is 8.22. The molecule has 0 amide bonds. The van der Waals surface area contributed by atoms with Crippen LogP contribution in [0.5, 0.6) is 0 Å². The van der Waals surface area contributed by atoms with Crippen molar-refractivity contribution in [3.8, 4) is 0 Å². The largest absolute Gasteiger partial charge is 0.331 e. The monoisotopic (exact) mass is 183 g/mol. The standard InChI is InChI=1S/C13H13N/c1-12-4-6-13(7-5-12)8-11-14-9-2-3-10-14/h2-11H,1H3/b11-8+. The minimum Gasteiger partial charge on any atom is -0.331 e. The van der Waals surface area contributed by atoms with Crippen LogP contribution < -0.4 is 0 Å². The molecular weight excluding hydrogens is 170 g/mol. The van der Waals surface area contributed by atoms with Crippen molar-refractivity contribution in [2.45, 2.75) is 6.92 Å². The van der Waals surface area contributed by atoms with E-state index in [1.54, 1.807) is 0 Å². The first-order valence-corrected chi connectivity index (χ1v) is 4.72. The number of nitrogens with zero attached hydrogens (tertiary/aromatic N) is 1. The van der Waals surface area contributed by atoms with Gasteiger partial charge in [0.05, 0.1) is 0 Å². The van der Waals surface area contributed by atoms with E-state index >= 15 is 0 Å². The lowest BCUT2D eigenvalue weighted by Gasteiger charge is -1.95. The summed E-state index contributed by atoms with van der Waals surface area (Å²) in [6.07, 6.45) is 8.18. The second-order valence-electron chi connectivity index (χ2n) is 3.36. The molecule has 0 aliphatic rings. The SMILES string of the molecule is Cc1ccc(/C=C/n2cccc2)cc1. The number of hydrogen-bond acceptors (Lipinski definition) is 0. The quantitative estimate of drug-likeness (QED) is 0.672. The lowest BCUT2D eigenvalue weighted by Crippen LogP contribution is -1.78. The number of aryl methyl sites for hydroxylation is 1. The van der Waals surface area contributed by atoms with Gasteiger partial charge in [0, 0.05) is 18.6 Å². The van der Waals surface area contributed by atoms with Crippen molar-refractivity contribution >= 4 is 12.3 Å². The average Bonchev–Trinajstić information content (AvgIpc) is 2.70. The van der Waals surface area contributed by atoms with Gasteiger partial charge in [0.1, 0.15) is 0 Å². The van der Waals surface area contributed by atoms with E-state index in [1.807, 2.05) is 35.3 Å². The molecule has 1 heteroatoms. The second kappa shape index (κ2) is 3.97. The molecule has 0 saturated heterocycles. The van der Waals surface area contributed by atoms with Crippen molar-refractivity contribution in [3.63, 3.8) is 0 Å². The topological polar surface area (TPSA) is 4.93 Å². The Labute approximate surface area is 84.3 Å². The van der Waals surface area contributed by atoms with Gasteiger partial charge >= 0.3 is 0 Å². The highest BCUT2D eigenvalue weighted by molar-refractivity contribution is 5.60. The maximum atomic E-state index is 2.12. The lowest BCUT2D eigenvalue weighted by molar-refractivity contribution is 1.18. The van der Waals surface area contributed by atoms with E-state index in [-0.39, 0.29) is 0 Å². The Kier molecular flexibility index (Phi) is 2.50. The summed E-state index contributed by atoms with van der Waals surface area (Å²) in [5, 5.41) is 0. The molecule has 1 aromatic carbocycles. The first-order valence-electron chi connectivity index (χ1n) is 4.72. The van der Waals surface area contributed by atoms with Crippen LogP contribution in [0.25, 0.3) is 12.3 Å². The van der Waals surface area contributed by atoms with E-state index in [1.165, 1.54) is 11.1 Å². The third-order valence-corrected chi connectivity index (χ3v) is 2.14. The van der Waals surface area contributed by atoms with E-state index < -0.39 is 0 Å². The molecule has 1 aromatic heterocycles. The number of benzene rings is 1. The molecule has 14 heavy (non-hydrogen) atoms. The fourth-order valence-corrected chi connectivity index (χ4v) is 1.30. The van der Waals surface area contributed by atoms with Crippen LogP contribution >= 0.6 is 0 Å². The summed E-state index contributed by atoms with van der Waals surface area (Å²) in [6.45, 7) is 2.10. The molecule has 0 aliphatic carbocycles. The van der Waals surface area contributed by atoms with E-state index in [2.05, 4.69) is 37.3 Å². The third kappa shape index (κ3) is 2.13. The second-order valence-corrected chi connectivity index (χ2v) is 3.36. The molecular formula is C13H13N. The van der Waals surface area contributed by atoms with Gasteiger partial charge in [0.25, 0.3) is 0 Å². The van der Waals surface area contributed by atoms with Crippen LogP contribution in [0.2, 0.25) is 0 Å². The molecule has 70 valence electrons. The summed E-state index contributed by atoms with van der Waals surface area (Å²) in [5.41, 5.74) is 2.52. The Balaban J connectivity index is 2.15. The van der Waals surface area contributed by atoms with Crippen LogP contribution in [-0.2, 0) is 0 Å². The Morgan fingerprint density at radius 1 is 1.00 bits per heavy atom. The molecule has 0 N–H and O–H groups in total. The summed E-state index contributed by atoms with van der Waals surface area (Å²) in [5.74, 6) is 0. The van der Waals surface area contributed by atoms with Gasteiger partial charge in [-0.15, -0.1) is 0 Å². The number of rotatable bonds is 2. The first-order chi connectivity index (χ1) is 6.84. The molecule has 1 heterocycles. The lowest BCUT2D eigenvalue weighted by atomic mass is 10.1. The normalized spacial score (nSPS) is 10.9. The molecule has 0 saturated carbocycles. The van der Waals surface area contributed by atoms with Gasteiger partial charge in [-0.1, -0.05) is 29.8 Å². The Bertz CT molecular complexity index is 407. The van der Waals surface area contributed by atoms with Crippen molar-refractivity contribution in [2.24, 2.45) is 0 Å². The summed E-state index contributed by atoms with van der Waals surface area (Å²) >= 11 is 0. The van der Waals surface area contributed by atoms with Gasteiger partial charge in [-0.25, -0.2) is 0 Å². The van der Waals surface area contributed by atoms with E-state index in [0.29, 0.717) is 0 Å². The zero-order valence-electron chi connectivity index (χ0n) is 8.22. The Morgan fingerprint density at radius 3 is 2.29 bits per heavy atom. The minimum atomic E-state index is 1.23. The van der Waals surface area contributed by atoms with Crippen molar-refractivity contribution in [3.05, 3.63) is 59.9 Å². The maximum absolute atomic E-state index is 2.12. The van der Waals surface area contributed by atoms with Gasteiger partial charge in [0.2, 0.25) is 0 Å². The van der Waals surface area contributed by atoms with E-state index in [4.69, 9.17) is 0 Å². The molecule has 0 unspecified atom stereocenters. The van der Waals surface area contributed by atoms with Crippen LogP contribution in [-0.4, -0.2) is 4.57 Å². The van der Waals surface area contributed by atoms with Crippen LogP contribution in [0.15, 0.2) is 48.8 Å². The predicted molar refractivity (Wildman–Crippen MR) is 60.8 cm³/mol. The van der Waals surface area contributed by atoms with Gasteiger partial charge < -0.3 is 4.57 Å². The van der Waals surface area contributed by atoms with Gasteiger partial charge in [0.15, 0.2) is 0 Å². The zero-order chi connectivity index (χ0) is 9.80. The summed E-state index contributed by atoms with van der Waals surface area (Å²) in [6, 6.07) is 12.5. The Morgan fingerprint density at radius 2 is 1.64 bits per heavy atom. The van der Waals surface area contributed by atoms with E-state index in [0.717, 1.165) is 0 Å².